The molecule has 0 aliphatic carbocycles. The Hall–Kier alpha value is -3.02. The number of nitrogens with one attached hydrogen (secondary N) is 2. The topological polar surface area (TPSA) is 65.7 Å². The van der Waals surface area contributed by atoms with Gasteiger partial charge in [-0.25, -0.2) is 4.98 Å². The zero-order chi connectivity index (χ0) is 18.5. The van der Waals surface area contributed by atoms with Gasteiger partial charge in [-0.2, -0.15) is 0 Å². The Labute approximate surface area is 153 Å². The van der Waals surface area contributed by atoms with Gasteiger partial charge in [0, 0.05) is 32.1 Å². The average molecular weight is 351 g/mol. The molecule has 26 heavy (non-hydrogen) atoms. The fourth-order valence-electron chi connectivity index (χ4n) is 2.77. The Morgan fingerprint density at radius 3 is 2.58 bits per heavy atom. The molecule has 3 rings (SSSR count). The molecule has 0 saturated carbocycles. The Kier molecular flexibility index (Phi) is 5.41. The number of anilines is 1. The number of furan rings is 1. The third kappa shape index (κ3) is 3.96. The Balaban J connectivity index is 1.61. The van der Waals surface area contributed by atoms with Crippen LogP contribution in [0.25, 0.3) is 11.0 Å². The van der Waals surface area contributed by atoms with Crippen molar-refractivity contribution in [3.8, 4) is 0 Å². The maximum absolute atomic E-state index is 5.94. The van der Waals surface area contributed by atoms with E-state index >= 15 is 0 Å². The van der Waals surface area contributed by atoms with Gasteiger partial charge in [0.05, 0.1) is 18.8 Å². The lowest BCUT2D eigenvalue weighted by molar-refractivity contribution is 0.534. The molecule has 0 aliphatic rings. The zero-order valence-corrected chi connectivity index (χ0v) is 15.7. The summed E-state index contributed by atoms with van der Waals surface area (Å²) in [4.78, 5) is 10.9. The Morgan fingerprint density at radius 1 is 1.08 bits per heavy atom. The van der Waals surface area contributed by atoms with E-state index in [1.807, 2.05) is 55.4 Å². The fourth-order valence-corrected chi connectivity index (χ4v) is 2.77. The minimum absolute atomic E-state index is 0.575. The smallest absolute Gasteiger partial charge is 0.191 e. The quantitative estimate of drug-likeness (QED) is 0.546. The lowest BCUT2D eigenvalue weighted by Crippen LogP contribution is -2.36. The highest BCUT2D eigenvalue weighted by molar-refractivity contribution is 5.82. The normalized spacial score (nSPS) is 11.6. The summed E-state index contributed by atoms with van der Waals surface area (Å²) in [6.45, 7) is 3.25. The molecule has 6 nitrogen and oxygen atoms in total. The van der Waals surface area contributed by atoms with Crippen LogP contribution in [0.4, 0.5) is 5.82 Å². The molecule has 136 valence electrons. The molecule has 2 aromatic heterocycles. The van der Waals surface area contributed by atoms with E-state index in [1.54, 1.807) is 7.05 Å². The van der Waals surface area contributed by atoms with E-state index < -0.39 is 0 Å². The molecule has 0 amide bonds. The number of fused-ring (bicyclic) bond motifs is 1. The van der Waals surface area contributed by atoms with Gasteiger partial charge in [-0.05, 0) is 25.1 Å². The van der Waals surface area contributed by atoms with Crippen LogP contribution in [0.1, 0.15) is 17.0 Å². The molecule has 2 N–H and O–H groups in total. The number of rotatable bonds is 5. The SMILES string of the molecule is CN=C(NCc1cccc(N(C)C)n1)NCc1oc2ccccc2c1C. The monoisotopic (exact) mass is 351 g/mol. The summed E-state index contributed by atoms with van der Waals surface area (Å²) in [6.07, 6.45) is 0. The molecule has 0 bridgehead atoms. The number of hydrogen-bond acceptors (Lipinski definition) is 4. The average Bonchev–Trinajstić information content (AvgIpc) is 2.98. The third-order valence-corrected chi connectivity index (χ3v) is 4.27. The second-order valence-electron chi connectivity index (χ2n) is 6.31. The number of hydrogen-bond donors (Lipinski definition) is 2. The standard InChI is InChI=1S/C20H25N5O/c1-14-16-9-5-6-10-17(16)26-18(14)13-23-20(21-2)22-12-15-8-7-11-19(24-15)25(3)4/h5-11H,12-13H2,1-4H3,(H2,21,22,23). The van der Waals surface area contributed by atoms with E-state index in [-0.39, 0.29) is 0 Å². The Morgan fingerprint density at radius 2 is 1.85 bits per heavy atom. The summed E-state index contributed by atoms with van der Waals surface area (Å²) in [5.74, 6) is 2.56. The molecule has 0 radical (unpaired) electrons. The van der Waals surface area contributed by atoms with Crippen LogP contribution in [-0.2, 0) is 13.1 Å². The van der Waals surface area contributed by atoms with E-state index in [1.165, 1.54) is 0 Å². The third-order valence-electron chi connectivity index (χ3n) is 4.27. The van der Waals surface area contributed by atoms with Gasteiger partial charge in [0.15, 0.2) is 5.96 Å². The largest absolute Gasteiger partial charge is 0.459 e. The molecule has 0 atom stereocenters. The van der Waals surface area contributed by atoms with E-state index in [0.717, 1.165) is 33.8 Å². The van der Waals surface area contributed by atoms with Gasteiger partial charge < -0.3 is 20.0 Å². The second kappa shape index (κ2) is 7.91. The van der Waals surface area contributed by atoms with Crippen molar-refractivity contribution in [2.24, 2.45) is 4.99 Å². The highest BCUT2D eigenvalue weighted by Gasteiger charge is 2.10. The number of nitrogens with zero attached hydrogens (tertiary/aromatic N) is 3. The first-order valence-corrected chi connectivity index (χ1v) is 8.63. The van der Waals surface area contributed by atoms with E-state index in [9.17, 15) is 0 Å². The van der Waals surface area contributed by atoms with Crippen LogP contribution in [0.5, 0.6) is 0 Å². The molecule has 0 spiro atoms. The summed E-state index contributed by atoms with van der Waals surface area (Å²) in [5, 5.41) is 7.74. The summed E-state index contributed by atoms with van der Waals surface area (Å²) >= 11 is 0. The second-order valence-corrected chi connectivity index (χ2v) is 6.31. The van der Waals surface area contributed by atoms with Crippen molar-refractivity contribution in [2.45, 2.75) is 20.0 Å². The maximum atomic E-state index is 5.94. The van der Waals surface area contributed by atoms with Gasteiger partial charge >= 0.3 is 0 Å². The van der Waals surface area contributed by atoms with Crippen LogP contribution in [0.15, 0.2) is 51.9 Å². The summed E-state index contributed by atoms with van der Waals surface area (Å²) in [7, 11) is 5.72. The van der Waals surface area contributed by atoms with Gasteiger partial charge in [0.1, 0.15) is 17.2 Å². The van der Waals surface area contributed by atoms with Crippen LogP contribution in [-0.4, -0.2) is 32.1 Å². The molecule has 1 aromatic carbocycles. The number of aromatic nitrogens is 1. The van der Waals surface area contributed by atoms with Crippen molar-refractivity contribution in [3.05, 3.63) is 59.5 Å². The lowest BCUT2D eigenvalue weighted by Gasteiger charge is -2.14. The maximum Gasteiger partial charge on any atom is 0.191 e. The molecular formula is C20H25N5O. The molecule has 0 unspecified atom stereocenters. The first kappa shape index (κ1) is 17.8. The van der Waals surface area contributed by atoms with Crippen molar-refractivity contribution >= 4 is 22.7 Å². The van der Waals surface area contributed by atoms with Gasteiger partial charge in [-0.3, -0.25) is 4.99 Å². The van der Waals surface area contributed by atoms with Crippen molar-refractivity contribution in [1.82, 2.24) is 15.6 Å². The summed E-state index contributed by atoms with van der Waals surface area (Å²) in [6, 6.07) is 14.1. The number of aryl methyl sites for hydroxylation is 1. The predicted molar refractivity (Wildman–Crippen MR) is 107 cm³/mol. The van der Waals surface area contributed by atoms with Crippen molar-refractivity contribution in [1.29, 1.82) is 0 Å². The summed E-state index contributed by atoms with van der Waals surface area (Å²) < 4.78 is 5.94. The number of pyridine rings is 1. The first-order valence-electron chi connectivity index (χ1n) is 8.63. The van der Waals surface area contributed by atoms with Crippen LogP contribution in [0.3, 0.4) is 0 Å². The van der Waals surface area contributed by atoms with Crippen LogP contribution in [0, 0.1) is 6.92 Å². The van der Waals surface area contributed by atoms with Gasteiger partial charge in [-0.15, -0.1) is 0 Å². The van der Waals surface area contributed by atoms with Crippen molar-refractivity contribution < 1.29 is 4.42 Å². The van der Waals surface area contributed by atoms with Crippen LogP contribution in [0.2, 0.25) is 0 Å². The van der Waals surface area contributed by atoms with Crippen LogP contribution >= 0.6 is 0 Å². The molecule has 0 fully saturated rings. The van der Waals surface area contributed by atoms with E-state index in [4.69, 9.17) is 4.42 Å². The number of aliphatic imine (C=N–C) groups is 1. The fraction of sp³-hybridized carbons (Fsp3) is 0.300. The minimum atomic E-state index is 0.575. The van der Waals surface area contributed by atoms with E-state index in [2.05, 4.69) is 33.6 Å². The highest BCUT2D eigenvalue weighted by Crippen LogP contribution is 2.24. The molecule has 3 aromatic rings. The predicted octanol–water partition coefficient (Wildman–Crippen LogP) is 3.07. The van der Waals surface area contributed by atoms with Gasteiger partial charge in [0.25, 0.3) is 0 Å². The number of para-hydroxylation sites is 1. The van der Waals surface area contributed by atoms with Crippen LogP contribution < -0.4 is 15.5 Å². The molecule has 6 heteroatoms. The van der Waals surface area contributed by atoms with Gasteiger partial charge in [-0.1, -0.05) is 24.3 Å². The van der Waals surface area contributed by atoms with Crippen molar-refractivity contribution in [2.75, 3.05) is 26.0 Å². The zero-order valence-electron chi connectivity index (χ0n) is 15.7. The first-order chi connectivity index (χ1) is 12.6. The molecular weight excluding hydrogens is 326 g/mol. The molecule has 2 heterocycles. The lowest BCUT2D eigenvalue weighted by atomic mass is 10.1. The molecule has 0 aliphatic heterocycles. The molecule has 0 saturated heterocycles. The van der Waals surface area contributed by atoms with Crippen molar-refractivity contribution in [3.63, 3.8) is 0 Å². The summed E-state index contributed by atoms with van der Waals surface area (Å²) in [5.41, 5.74) is 3.03. The van der Waals surface area contributed by atoms with E-state index in [0.29, 0.717) is 19.0 Å². The van der Waals surface area contributed by atoms with Gasteiger partial charge in [0.2, 0.25) is 0 Å². The number of guanidine groups is 1. The highest BCUT2D eigenvalue weighted by atomic mass is 16.3. The Bertz CT molecular complexity index is 913. The minimum Gasteiger partial charge on any atom is -0.459 e. The number of benzene rings is 1.